The minimum atomic E-state index is 0. The van der Waals surface area contributed by atoms with E-state index in [4.69, 9.17) is 9.15 Å². The van der Waals surface area contributed by atoms with Crippen molar-refractivity contribution < 1.29 is 9.15 Å². The number of furan rings is 1. The van der Waals surface area contributed by atoms with Crippen LogP contribution in [0, 0.1) is 13.8 Å². The van der Waals surface area contributed by atoms with E-state index in [0.717, 1.165) is 49.2 Å². The van der Waals surface area contributed by atoms with Crippen LogP contribution in [-0.2, 0) is 18.3 Å². The fraction of sp³-hybridized carbons (Fsp3) is 0.611. The molecule has 2 N–H and O–H groups in total. The van der Waals surface area contributed by atoms with Gasteiger partial charge in [0.05, 0.1) is 12.1 Å². The number of hydrogen-bond donors (Lipinski definition) is 2. The zero-order valence-corrected chi connectivity index (χ0v) is 18.7. The Hall–Kier alpha value is -1.62. The SMILES string of the molecule is Cc1ccc(C(C)NC(=NCc2nnc(C)n2C)NCC2CCCO2)o1.I. The van der Waals surface area contributed by atoms with Gasteiger partial charge in [0.1, 0.15) is 23.9 Å². The normalized spacial score (nSPS) is 18.2. The molecule has 0 aromatic carbocycles. The van der Waals surface area contributed by atoms with Gasteiger partial charge >= 0.3 is 0 Å². The number of guanidine groups is 1. The van der Waals surface area contributed by atoms with Crippen molar-refractivity contribution in [1.82, 2.24) is 25.4 Å². The number of aromatic nitrogens is 3. The van der Waals surface area contributed by atoms with Crippen LogP contribution in [0.2, 0.25) is 0 Å². The molecule has 0 radical (unpaired) electrons. The molecule has 1 aliphatic heterocycles. The van der Waals surface area contributed by atoms with Gasteiger partial charge in [-0.25, -0.2) is 4.99 Å². The van der Waals surface area contributed by atoms with Crippen molar-refractivity contribution in [3.8, 4) is 0 Å². The second kappa shape index (κ2) is 10.1. The molecule has 2 unspecified atom stereocenters. The van der Waals surface area contributed by atoms with Crippen LogP contribution in [0.25, 0.3) is 0 Å². The molecule has 1 aliphatic rings. The van der Waals surface area contributed by atoms with Gasteiger partial charge in [0.2, 0.25) is 0 Å². The fourth-order valence-electron chi connectivity index (χ4n) is 2.87. The summed E-state index contributed by atoms with van der Waals surface area (Å²) >= 11 is 0. The summed E-state index contributed by atoms with van der Waals surface area (Å²) in [5.74, 6) is 4.18. The van der Waals surface area contributed by atoms with Gasteiger partial charge in [-0.15, -0.1) is 34.2 Å². The van der Waals surface area contributed by atoms with Gasteiger partial charge in [-0.2, -0.15) is 0 Å². The second-order valence-electron chi connectivity index (χ2n) is 6.72. The average molecular weight is 488 g/mol. The summed E-state index contributed by atoms with van der Waals surface area (Å²) in [6.45, 7) is 7.93. The first-order chi connectivity index (χ1) is 12.5. The van der Waals surface area contributed by atoms with E-state index in [1.807, 2.05) is 44.5 Å². The molecule has 1 saturated heterocycles. The molecule has 8 nitrogen and oxygen atoms in total. The van der Waals surface area contributed by atoms with Gasteiger partial charge in [0, 0.05) is 20.2 Å². The molecular weight excluding hydrogens is 459 g/mol. The smallest absolute Gasteiger partial charge is 0.192 e. The van der Waals surface area contributed by atoms with Crippen LogP contribution in [0.5, 0.6) is 0 Å². The van der Waals surface area contributed by atoms with Crippen LogP contribution in [-0.4, -0.2) is 40.0 Å². The summed E-state index contributed by atoms with van der Waals surface area (Å²) in [6, 6.07) is 3.95. The molecule has 0 aliphatic carbocycles. The lowest BCUT2D eigenvalue weighted by Gasteiger charge is -2.18. The molecule has 150 valence electrons. The molecule has 0 amide bonds. The van der Waals surface area contributed by atoms with Gasteiger partial charge in [-0.1, -0.05) is 0 Å². The van der Waals surface area contributed by atoms with Crippen LogP contribution in [0.4, 0.5) is 0 Å². The quantitative estimate of drug-likeness (QED) is 0.369. The molecule has 27 heavy (non-hydrogen) atoms. The van der Waals surface area contributed by atoms with E-state index >= 15 is 0 Å². The molecule has 0 spiro atoms. The molecule has 3 rings (SSSR count). The Kier molecular flexibility index (Phi) is 8.08. The lowest BCUT2D eigenvalue weighted by Crippen LogP contribution is -2.42. The molecule has 1 fully saturated rings. The maximum Gasteiger partial charge on any atom is 0.192 e. The summed E-state index contributed by atoms with van der Waals surface area (Å²) in [5.41, 5.74) is 0. The molecule has 2 aromatic rings. The third kappa shape index (κ3) is 5.93. The summed E-state index contributed by atoms with van der Waals surface area (Å²) in [7, 11) is 1.95. The van der Waals surface area contributed by atoms with E-state index in [9.17, 15) is 0 Å². The Bertz CT molecular complexity index is 751. The van der Waals surface area contributed by atoms with Crippen molar-refractivity contribution in [1.29, 1.82) is 0 Å². The minimum absolute atomic E-state index is 0. The third-order valence-electron chi connectivity index (χ3n) is 4.62. The van der Waals surface area contributed by atoms with Crippen molar-refractivity contribution in [3.05, 3.63) is 35.3 Å². The van der Waals surface area contributed by atoms with E-state index in [1.165, 1.54) is 0 Å². The fourth-order valence-corrected chi connectivity index (χ4v) is 2.87. The Labute approximate surface area is 177 Å². The molecule has 2 aromatic heterocycles. The van der Waals surface area contributed by atoms with E-state index < -0.39 is 0 Å². The number of aryl methyl sites for hydroxylation is 2. The standard InChI is InChI=1S/C18H28N6O2.HI/c1-12-7-8-16(26-12)13(2)21-18(19-10-15-6-5-9-25-15)20-11-17-23-22-14(3)24(17)4;/h7-8,13,15H,5-6,9-11H2,1-4H3,(H2,19,20,21);1H. The minimum Gasteiger partial charge on any atom is -0.464 e. The van der Waals surface area contributed by atoms with Crippen molar-refractivity contribution in [2.45, 2.75) is 52.3 Å². The maximum absolute atomic E-state index is 5.71. The summed E-state index contributed by atoms with van der Waals surface area (Å²) in [4.78, 5) is 4.68. The third-order valence-corrected chi connectivity index (χ3v) is 4.62. The summed E-state index contributed by atoms with van der Waals surface area (Å²) < 4.78 is 13.3. The highest BCUT2D eigenvalue weighted by Gasteiger charge is 2.17. The molecular formula is C18H29IN6O2. The van der Waals surface area contributed by atoms with Crippen molar-refractivity contribution in [2.75, 3.05) is 13.2 Å². The number of ether oxygens (including phenoxy) is 1. The first-order valence-corrected chi connectivity index (χ1v) is 9.10. The average Bonchev–Trinajstić information content (AvgIpc) is 3.35. The van der Waals surface area contributed by atoms with Gasteiger partial charge < -0.3 is 24.4 Å². The molecule has 0 saturated carbocycles. The summed E-state index contributed by atoms with van der Waals surface area (Å²) in [5, 5.41) is 15.0. The highest BCUT2D eigenvalue weighted by Crippen LogP contribution is 2.15. The number of aliphatic imine (C=N–C) groups is 1. The van der Waals surface area contributed by atoms with E-state index in [1.54, 1.807) is 0 Å². The van der Waals surface area contributed by atoms with Crippen LogP contribution < -0.4 is 10.6 Å². The Balaban J connectivity index is 0.00000261. The highest BCUT2D eigenvalue weighted by molar-refractivity contribution is 14.0. The molecule has 9 heteroatoms. The van der Waals surface area contributed by atoms with E-state index in [0.29, 0.717) is 12.5 Å². The zero-order chi connectivity index (χ0) is 18.5. The number of nitrogens with one attached hydrogen (secondary N) is 2. The first kappa shape index (κ1) is 21.7. The molecule has 0 bridgehead atoms. The molecule has 3 heterocycles. The summed E-state index contributed by atoms with van der Waals surface area (Å²) in [6.07, 6.45) is 2.43. The predicted molar refractivity (Wildman–Crippen MR) is 114 cm³/mol. The second-order valence-corrected chi connectivity index (χ2v) is 6.72. The largest absolute Gasteiger partial charge is 0.464 e. The lowest BCUT2D eigenvalue weighted by molar-refractivity contribution is 0.113. The Morgan fingerprint density at radius 1 is 1.37 bits per heavy atom. The first-order valence-electron chi connectivity index (χ1n) is 9.10. The van der Waals surface area contributed by atoms with Crippen LogP contribution in [0.3, 0.4) is 0 Å². The van der Waals surface area contributed by atoms with Gasteiger partial charge in [-0.3, -0.25) is 0 Å². The Morgan fingerprint density at radius 3 is 2.78 bits per heavy atom. The van der Waals surface area contributed by atoms with Crippen molar-refractivity contribution in [3.63, 3.8) is 0 Å². The molecule has 2 atom stereocenters. The topological polar surface area (TPSA) is 89.5 Å². The zero-order valence-electron chi connectivity index (χ0n) is 16.4. The highest BCUT2D eigenvalue weighted by atomic mass is 127. The van der Waals surface area contributed by atoms with Crippen LogP contribution in [0.15, 0.2) is 21.5 Å². The number of halogens is 1. The van der Waals surface area contributed by atoms with Crippen LogP contribution >= 0.6 is 24.0 Å². The van der Waals surface area contributed by atoms with E-state index in [-0.39, 0.29) is 36.1 Å². The number of rotatable bonds is 6. The van der Waals surface area contributed by atoms with Gasteiger partial charge in [0.15, 0.2) is 11.8 Å². The number of nitrogens with zero attached hydrogens (tertiary/aromatic N) is 4. The van der Waals surface area contributed by atoms with E-state index in [2.05, 4.69) is 25.8 Å². The van der Waals surface area contributed by atoms with Crippen molar-refractivity contribution in [2.24, 2.45) is 12.0 Å². The van der Waals surface area contributed by atoms with Crippen LogP contribution in [0.1, 0.15) is 49.0 Å². The lowest BCUT2D eigenvalue weighted by atomic mass is 10.2. The Morgan fingerprint density at radius 2 is 2.19 bits per heavy atom. The number of hydrogen-bond acceptors (Lipinski definition) is 5. The monoisotopic (exact) mass is 488 g/mol. The van der Waals surface area contributed by atoms with Crippen molar-refractivity contribution >= 4 is 29.9 Å². The van der Waals surface area contributed by atoms with Gasteiger partial charge in [-0.05, 0) is 45.7 Å². The maximum atomic E-state index is 5.71. The van der Waals surface area contributed by atoms with Gasteiger partial charge in [0.25, 0.3) is 0 Å². The predicted octanol–water partition coefficient (Wildman–Crippen LogP) is 2.62.